The minimum atomic E-state index is -4.47. The van der Waals surface area contributed by atoms with Crippen molar-refractivity contribution in [1.29, 1.82) is 0 Å². The second-order valence-electron chi connectivity index (χ2n) is 3.61. The maximum Gasteiger partial charge on any atom is 0.418 e. The molecule has 1 heterocycles. The van der Waals surface area contributed by atoms with E-state index in [-0.39, 0.29) is 18.0 Å². The number of alkyl halides is 3. The number of rotatable bonds is 3. The zero-order valence-electron chi connectivity index (χ0n) is 9.20. The van der Waals surface area contributed by atoms with Crippen LogP contribution in [0.4, 0.5) is 18.9 Å². The van der Waals surface area contributed by atoms with E-state index < -0.39 is 11.7 Å². The topological polar surface area (TPSA) is 35.2 Å². The molecule has 0 aliphatic rings. The Morgan fingerprint density at radius 3 is 2.61 bits per heavy atom. The number of halogens is 3. The summed E-state index contributed by atoms with van der Waals surface area (Å²) in [6.45, 7) is 0.249. The van der Waals surface area contributed by atoms with Crippen molar-refractivity contribution in [3.8, 4) is 5.75 Å². The zero-order chi connectivity index (χ0) is 13.2. The molecule has 0 aliphatic carbocycles. The van der Waals surface area contributed by atoms with Gasteiger partial charge in [-0.2, -0.15) is 13.2 Å². The third-order valence-corrected chi connectivity index (χ3v) is 3.14. The maximum atomic E-state index is 12.6. The van der Waals surface area contributed by atoms with Gasteiger partial charge in [0.1, 0.15) is 12.4 Å². The molecule has 2 rings (SSSR count). The fourth-order valence-electron chi connectivity index (χ4n) is 1.42. The largest absolute Gasteiger partial charge is 0.488 e. The van der Waals surface area contributed by atoms with Gasteiger partial charge in [0.2, 0.25) is 0 Å². The van der Waals surface area contributed by atoms with Crippen LogP contribution in [0.5, 0.6) is 5.75 Å². The number of nitrogens with two attached hydrogens (primary N) is 1. The number of ether oxygens (including phenoxy) is 1. The Bertz CT molecular complexity index is 523. The van der Waals surface area contributed by atoms with E-state index in [1.165, 1.54) is 23.5 Å². The molecule has 0 aliphatic heterocycles. The molecular formula is C12H10F3NOS. The summed E-state index contributed by atoms with van der Waals surface area (Å²) in [5.41, 5.74) is 4.12. The first-order valence-corrected chi connectivity index (χ1v) is 5.96. The lowest BCUT2D eigenvalue weighted by Gasteiger charge is -2.12. The molecule has 0 saturated heterocycles. The Labute approximate surface area is 106 Å². The lowest BCUT2D eigenvalue weighted by atomic mass is 10.1. The standard InChI is InChI=1S/C12H10F3NOS/c13-12(14,15)10-6-8(3-4-11(10)16)17-7-9-2-1-5-18-9/h1-6H,7,16H2. The van der Waals surface area contributed by atoms with Crippen molar-refractivity contribution in [2.24, 2.45) is 0 Å². The fraction of sp³-hybridized carbons (Fsp3) is 0.167. The molecule has 0 fully saturated rings. The summed E-state index contributed by atoms with van der Waals surface area (Å²) in [5.74, 6) is 0.157. The normalized spacial score (nSPS) is 11.5. The summed E-state index contributed by atoms with van der Waals surface area (Å²) in [7, 11) is 0. The molecule has 6 heteroatoms. The van der Waals surface area contributed by atoms with Gasteiger partial charge >= 0.3 is 6.18 Å². The third kappa shape index (κ3) is 2.95. The van der Waals surface area contributed by atoms with E-state index in [1.807, 2.05) is 17.5 Å². The van der Waals surface area contributed by atoms with Crippen LogP contribution < -0.4 is 10.5 Å². The van der Waals surface area contributed by atoms with Crippen LogP contribution in [0.15, 0.2) is 35.7 Å². The van der Waals surface area contributed by atoms with Gasteiger partial charge < -0.3 is 10.5 Å². The van der Waals surface area contributed by atoms with Crippen LogP contribution in [0.2, 0.25) is 0 Å². The Morgan fingerprint density at radius 2 is 2.00 bits per heavy atom. The summed E-state index contributed by atoms with van der Waals surface area (Å²) >= 11 is 1.48. The van der Waals surface area contributed by atoms with Crippen molar-refractivity contribution in [1.82, 2.24) is 0 Å². The number of benzene rings is 1. The summed E-state index contributed by atoms with van der Waals surface area (Å²) in [4.78, 5) is 0.945. The Kier molecular flexibility index (Phi) is 3.47. The molecule has 0 spiro atoms. The number of thiophene rings is 1. The van der Waals surface area contributed by atoms with E-state index in [2.05, 4.69) is 0 Å². The average molecular weight is 273 g/mol. The molecule has 0 amide bonds. The van der Waals surface area contributed by atoms with Crippen molar-refractivity contribution in [2.45, 2.75) is 12.8 Å². The number of hydrogen-bond donors (Lipinski definition) is 1. The minimum absolute atomic E-state index is 0.157. The molecule has 96 valence electrons. The number of hydrogen-bond acceptors (Lipinski definition) is 3. The highest BCUT2D eigenvalue weighted by Crippen LogP contribution is 2.35. The predicted molar refractivity (Wildman–Crippen MR) is 64.5 cm³/mol. The van der Waals surface area contributed by atoms with Gasteiger partial charge in [0.05, 0.1) is 5.56 Å². The molecule has 1 aromatic carbocycles. The van der Waals surface area contributed by atoms with Crippen molar-refractivity contribution in [2.75, 3.05) is 5.73 Å². The molecule has 0 atom stereocenters. The van der Waals surface area contributed by atoms with E-state index >= 15 is 0 Å². The van der Waals surface area contributed by atoms with Crippen LogP contribution in [0.3, 0.4) is 0 Å². The third-order valence-electron chi connectivity index (χ3n) is 2.29. The fourth-order valence-corrected chi connectivity index (χ4v) is 2.04. The van der Waals surface area contributed by atoms with Gasteiger partial charge in [-0.15, -0.1) is 11.3 Å². The highest BCUT2D eigenvalue weighted by atomic mass is 32.1. The van der Waals surface area contributed by atoms with E-state index in [9.17, 15) is 13.2 Å². The van der Waals surface area contributed by atoms with Crippen LogP contribution in [0.1, 0.15) is 10.4 Å². The monoisotopic (exact) mass is 273 g/mol. The maximum absolute atomic E-state index is 12.6. The van der Waals surface area contributed by atoms with E-state index in [4.69, 9.17) is 10.5 Å². The minimum Gasteiger partial charge on any atom is -0.488 e. The Morgan fingerprint density at radius 1 is 1.22 bits per heavy atom. The molecule has 1 aromatic heterocycles. The molecule has 2 aromatic rings. The van der Waals surface area contributed by atoms with Crippen LogP contribution in [0, 0.1) is 0 Å². The molecule has 0 bridgehead atoms. The molecular weight excluding hydrogens is 263 g/mol. The van der Waals surface area contributed by atoms with Gasteiger partial charge in [0, 0.05) is 10.6 Å². The van der Waals surface area contributed by atoms with Gasteiger partial charge in [0.25, 0.3) is 0 Å². The number of anilines is 1. The van der Waals surface area contributed by atoms with Crippen molar-refractivity contribution < 1.29 is 17.9 Å². The van der Waals surface area contributed by atoms with Crippen molar-refractivity contribution >= 4 is 17.0 Å². The van der Waals surface area contributed by atoms with E-state index in [0.717, 1.165) is 10.9 Å². The number of nitrogen functional groups attached to an aromatic ring is 1. The zero-order valence-corrected chi connectivity index (χ0v) is 10.0. The van der Waals surface area contributed by atoms with Gasteiger partial charge in [-0.3, -0.25) is 0 Å². The first kappa shape index (κ1) is 12.8. The van der Waals surface area contributed by atoms with Gasteiger partial charge in [-0.25, -0.2) is 0 Å². The molecule has 18 heavy (non-hydrogen) atoms. The van der Waals surface area contributed by atoms with Crippen molar-refractivity contribution in [3.63, 3.8) is 0 Å². The lowest BCUT2D eigenvalue weighted by Crippen LogP contribution is -2.09. The van der Waals surface area contributed by atoms with E-state index in [1.54, 1.807) is 0 Å². The smallest absolute Gasteiger partial charge is 0.418 e. The summed E-state index contributed by atoms with van der Waals surface area (Å²) < 4.78 is 43.1. The van der Waals surface area contributed by atoms with Crippen LogP contribution in [-0.4, -0.2) is 0 Å². The van der Waals surface area contributed by atoms with Crippen LogP contribution in [-0.2, 0) is 12.8 Å². The second-order valence-corrected chi connectivity index (χ2v) is 4.65. The summed E-state index contributed by atoms with van der Waals surface area (Å²) in [6, 6.07) is 7.26. The molecule has 0 saturated carbocycles. The molecule has 0 radical (unpaired) electrons. The van der Waals surface area contributed by atoms with Crippen LogP contribution >= 0.6 is 11.3 Å². The SMILES string of the molecule is Nc1ccc(OCc2cccs2)cc1C(F)(F)F. The molecule has 2 N–H and O–H groups in total. The second kappa shape index (κ2) is 4.89. The summed E-state index contributed by atoms with van der Waals surface area (Å²) in [6.07, 6.45) is -4.47. The van der Waals surface area contributed by atoms with Gasteiger partial charge in [0.15, 0.2) is 0 Å². The lowest BCUT2D eigenvalue weighted by molar-refractivity contribution is -0.137. The van der Waals surface area contributed by atoms with Gasteiger partial charge in [-0.1, -0.05) is 6.07 Å². The van der Waals surface area contributed by atoms with Gasteiger partial charge in [-0.05, 0) is 29.6 Å². The van der Waals surface area contributed by atoms with Crippen LogP contribution in [0.25, 0.3) is 0 Å². The van der Waals surface area contributed by atoms with E-state index in [0.29, 0.717) is 0 Å². The Balaban J connectivity index is 2.15. The molecule has 2 nitrogen and oxygen atoms in total. The van der Waals surface area contributed by atoms with Crippen molar-refractivity contribution in [3.05, 3.63) is 46.2 Å². The summed E-state index contributed by atoms with van der Waals surface area (Å²) in [5, 5.41) is 1.88. The highest BCUT2D eigenvalue weighted by molar-refractivity contribution is 7.09. The highest BCUT2D eigenvalue weighted by Gasteiger charge is 2.33. The first-order valence-electron chi connectivity index (χ1n) is 5.09. The predicted octanol–water partition coefficient (Wildman–Crippen LogP) is 3.93. The molecule has 0 unspecified atom stereocenters. The quantitative estimate of drug-likeness (QED) is 0.860. The first-order chi connectivity index (χ1) is 8.47. The average Bonchev–Trinajstić information content (AvgIpc) is 2.79. The Hall–Kier alpha value is -1.69.